The molecule has 0 radical (unpaired) electrons. The van der Waals surface area contributed by atoms with Gasteiger partial charge in [-0.3, -0.25) is 9.59 Å². The van der Waals surface area contributed by atoms with Gasteiger partial charge in [-0.2, -0.15) is 0 Å². The molecular weight excluding hydrogens is 1140 g/mol. The Bertz CT molecular complexity index is 3350. The lowest BCUT2D eigenvalue weighted by Crippen LogP contribution is -2.53. The van der Waals surface area contributed by atoms with E-state index in [2.05, 4.69) is 83.4 Å². The molecule has 17 nitrogen and oxygen atoms in total. The van der Waals surface area contributed by atoms with Crippen molar-refractivity contribution < 1.29 is 77.7 Å². The van der Waals surface area contributed by atoms with Crippen LogP contribution < -0.4 is 23.7 Å². The maximum absolute atomic E-state index is 13.2. The van der Waals surface area contributed by atoms with E-state index in [9.17, 15) is 35.5 Å². The lowest BCUT2D eigenvalue weighted by molar-refractivity contribution is -0.940. The van der Waals surface area contributed by atoms with Crippen LogP contribution in [0.25, 0.3) is 0 Å². The van der Waals surface area contributed by atoms with Crippen molar-refractivity contribution in [1.82, 2.24) is 0 Å². The predicted octanol–water partition coefficient (Wildman–Crippen LogP) is 11.2. The molecule has 0 N–H and O–H groups in total. The number of nitrogens with zero attached hydrogens (tertiary/aromatic N) is 2. The zero-order valence-corrected chi connectivity index (χ0v) is 52.5. The summed E-state index contributed by atoms with van der Waals surface area (Å²) >= 11 is 0. The van der Waals surface area contributed by atoms with Crippen molar-refractivity contribution in [3.8, 4) is 28.7 Å². The van der Waals surface area contributed by atoms with Crippen molar-refractivity contribution in [2.24, 2.45) is 0 Å². The molecule has 0 saturated carbocycles. The minimum Gasteiger partial charge on any atom is -0.744 e. The molecule has 0 spiro atoms. The van der Waals surface area contributed by atoms with Gasteiger partial charge in [0.25, 0.3) is 0 Å². The summed E-state index contributed by atoms with van der Waals surface area (Å²) in [7, 11) is 4.38. The molecule has 6 aromatic carbocycles. The van der Waals surface area contributed by atoms with Crippen LogP contribution in [0, 0.1) is 20.8 Å². The van der Waals surface area contributed by atoms with E-state index in [1.54, 1.807) is 47.7 Å². The molecule has 86 heavy (non-hydrogen) atoms. The molecule has 0 fully saturated rings. The van der Waals surface area contributed by atoms with Crippen LogP contribution in [0.15, 0.2) is 131 Å². The first kappa shape index (κ1) is 69.8. The van der Waals surface area contributed by atoms with Gasteiger partial charge in [0.05, 0.1) is 112 Å². The van der Waals surface area contributed by atoms with E-state index in [1.807, 2.05) is 12.1 Å². The van der Waals surface area contributed by atoms with Crippen molar-refractivity contribution in [3.63, 3.8) is 0 Å². The second-order valence-corrected chi connectivity index (χ2v) is 25.0. The summed E-state index contributed by atoms with van der Waals surface area (Å²) in [6.07, 6.45) is 7.51. The van der Waals surface area contributed by atoms with Gasteiger partial charge in [0.1, 0.15) is 38.1 Å². The van der Waals surface area contributed by atoms with Crippen LogP contribution in [0.5, 0.6) is 28.7 Å². The van der Waals surface area contributed by atoms with Gasteiger partial charge in [0.15, 0.2) is 23.0 Å². The second kappa shape index (κ2) is 32.1. The average Bonchev–Trinajstić information content (AvgIpc) is 1.16. The van der Waals surface area contributed by atoms with Gasteiger partial charge in [-0.1, -0.05) is 68.1 Å². The summed E-state index contributed by atoms with van der Waals surface area (Å²) in [5.41, 5.74) is 11.4. The number of fused-ring (bicyclic) bond motifs is 2. The third kappa shape index (κ3) is 19.2. The zero-order chi connectivity index (χ0) is 62.0. The highest BCUT2D eigenvalue weighted by molar-refractivity contribution is 7.86. The van der Waals surface area contributed by atoms with Crippen molar-refractivity contribution in [3.05, 3.63) is 171 Å². The molecule has 19 heteroatoms. The minimum atomic E-state index is -4.25. The molecule has 0 aliphatic carbocycles. The third-order valence-electron chi connectivity index (χ3n) is 16.5. The van der Waals surface area contributed by atoms with Gasteiger partial charge in [0, 0.05) is 36.8 Å². The quantitative estimate of drug-likeness (QED) is 0.0239. The fourth-order valence-corrected chi connectivity index (χ4v) is 12.2. The maximum Gasteiger partial charge on any atom is 0.311 e. The summed E-state index contributed by atoms with van der Waals surface area (Å²) in [5.74, 6) is 3.38. The first-order chi connectivity index (χ1) is 40.4. The maximum atomic E-state index is 13.2. The molecule has 8 rings (SSSR count). The first-order valence-corrected chi connectivity index (χ1v) is 31.5. The Morgan fingerprint density at radius 3 is 1.31 bits per heavy atom. The van der Waals surface area contributed by atoms with Crippen LogP contribution in [0.1, 0.15) is 108 Å². The van der Waals surface area contributed by atoms with Crippen LogP contribution in [0.3, 0.4) is 0 Å². The number of rotatable bonds is 24. The lowest BCUT2D eigenvalue weighted by atomic mass is 9.84. The number of carbonyl (C=O) groups is 2. The number of benzene rings is 6. The highest BCUT2D eigenvalue weighted by atomic mass is 32.2. The monoisotopic (exact) mass is 1220 g/mol. The Morgan fingerprint density at radius 2 is 0.872 bits per heavy atom. The smallest absolute Gasteiger partial charge is 0.311 e. The van der Waals surface area contributed by atoms with Gasteiger partial charge < -0.3 is 51.2 Å². The second-order valence-electron chi connectivity index (χ2n) is 22.2. The molecule has 0 amide bonds. The lowest BCUT2D eigenvalue weighted by Gasteiger charge is -2.46. The molecule has 2 heterocycles. The van der Waals surface area contributed by atoms with Crippen LogP contribution in [-0.4, -0.2) is 136 Å². The summed E-state index contributed by atoms with van der Waals surface area (Å²) in [6.45, 7) is 10.4. The standard InChI is InChI=1S/C54H74N2O9.2C6H6O3S.CH4/c1-37-15-16-40(33-49(37)60-7)31-46-44-30-39(3)38(2)29-42(44)19-23-55(46,4)25-21-53(57)64-27-13-11-12-14-28-65-54(58)22-26-56(5)24-20-43-35-51(62-9)52(63-10)36-45(43)47(56)32-41-17-18-48(59-6)50(34-41)61-8;2*7-10(8,9)6-4-2-1-3-5-6;/h15-18,29-30,33-36,46-47H,11-14,19-28,31-32H2,1-10H3;2*1-5H,(H,7,8,9);1H4/q+2;;;/p-2/t46-,47-,55-,56-;;;/m1.../s1. The fourth-order valence-electron chi connectivity index (χ4n) is 11.2. The van der Waals surface area contributed by atoms with Crippen LogP contribution in [0.4, 0.5) is 0 Å². The summed E-state index contributed by atoms with van der Waals surface area (Å²) in [5, 5.41) is 0. The molecule has 4 atom stereocenters. The first-order valence-electron chi connectivity index (χ1n) is 28.7. The topological polar surface area (TPSA) is 213 Å². The number of carbonyl (C=O) groups excluding carboxylic acids is 2. The third-order valence-corrected chi connectivity index (χ3v) is 18.2. The number of aryl methyl sites for hydroxylation is 3. The fraction of sp³-hybridized carbons (Fsp3) is 0.433. The minimum absolute atomic E-state index is 0. The van der Waals surface area contributed by atoms with Crippen LogP contribution in [0.2, 0.25) is 0 Å². The summed E-state index contributed by atoms with van der Waals surface area (Å²) in [6, 6.07) is 36.2. The molecule has 0 aromatic heterocycles. The van der Waals surface area contributed by atoms with Crippen LogP contribution >= 0.6 is 0 Å². The number of unbranched alkanes of at least 4 members (excludes halogenated alkanes) is 3. The highest BCUT2D eigenvalue weighted by Gasteiger charge is 2.42. The number of hydrogen-bond donors (Lipinski definition) is 0. The molecule has 0 saturated heterocycles. The Morgan fingerprint density at radius 1 is 0.477 bits per heavy atom. The highest BCUT2D eigenvalue weighted by Crippen LogP contribution is 2.44. The van der Waals surface area contributed by atoms with E-state index < -0.39 is 20.2 Å². The van der Waals surface area contributed by atoms with Crippen molar-refractivity contribution in [2.45, 2.75) is 114 Å². The van der Waals surface area contributed by atoms with E-state index in [4.69, 9.17) is 33.2 Å². The average molecular weight is 1230 g/mol. The van der Waals surface area contributed by atoms with E-state index >= 15 is 0 Å². The normalized spacial score (nSPS) is 17.7. The molecule has 6 aromatic rings. The zero-order valence-electron chi connectivity index (χ0n) is 50.9. The van der Waals surface area contributed by atoms with E-state index in [-0.39, 0.29) is 41.2 Å². The molecular formula is C67H88N2O15S2. The molecule has 2 aliphatic rings. The molecule has 0 bridgehead atoms. The number of methoxy groups -OCH3 is 5. The number of quaternary nitrogens is 2. The van der Waals surface area contributed by atoms with Gasteiger partial charge >= 0.3 is 11.9 Å². The number of likely N-dealkylation sites (N-methyl/N-ethyl adjacent to an activating group) is 2. The molecule has 468 valence electrons. The Labute approximate surface area is 510 Å². The van der Waals surface area contributed by atoms with Crippen molar-refractivity contribution in [1.29, 1.82) is 0 Å². The predicted molar refractivity (Wildman–Crippen MR) is 330 cm³/mol. The van der Waals surface area contributed by atoms with Crippen molar-refractivity contribution >= 4 is 32.2 Å². The van der Waals surface area contributed by atoms with Crippen molar-refractivity contribution in [2.75, 3.05) is 89.0 Å². The molecule has 0 unspecified atom stereocenters. The summed E-state index contributed by atoms with van der Waals surface area (Å²) < 4.78 is 103. The largest absolute Gasteiger partial charge is 0.744 e. The van der Waals surface area contributed by atoms with E-state index in [1.165, 1.54) is 87.5 Å². The molecule has 2 aliphatic heterocycles. The Balaban J connectivity index is 0.000000539. The van der Waals surface area contributed by atoms with Gasteiger partial charge in [-0.25, -0.2) is 16.8 Å². The number of hydrogen-bond acceptors (Lipinski definition) is 15. The van der Waals surface area contributed by atoms with Crippen LogP contribution in [-0.2, 0) is 65.0 Å². The van der Waals surface area contributed by atoms with E-state index in [0.29, 0.717) is 54.3 Å². The van der Waals surface area contributed by atoms with E-state index in [0.717, 1.165) is 98.1 Å². The summed E-state index contributed by atoms with van der Waals surface area (Å²) in [4.78, 5) is 25.9. The SMILES string of the molecule is C.COc1cc(C[C@@H]2c3cc(C)c(C)cc3CC[N@+]2(C)CCC(=O)OCCCCCCOC(=O)CC[N@@+]2(C)CCc3cc(OC)c(OC)cc3[C@H]2Cc2ccc(OC)c(OC)c2)ccc1C.O=S(=O)([O-])c1ccccc1.O=S(=O)([O-])c1ccccc1. The van der Waals surface area contributed by atoms with Gasteiger partial charge in [-0.15, -0.1) is 0 Å². The number of ether oxygens (including phenoxy) is 7. The van der Waals surface area contributed by atoms with Gasteiger partial charge in [-0.05, 0) is 146 Å². The Kier molecular flexibility index (Phi) is 26.1. The van der Waals surface area contributed by atoms with Gasteiger partial charge in [0.2, 0.25) is 0 Å². The number of esters is 2. The Hall–Kier alpha value is -7.00.